The summed E-state index contributed by atoms with van der Waals surface area (Å²) in [6.45, 7) is 1.99. The van der Waals surface area contributed by atoms with Crippen molar-refractivity contribution in [3.63, 3.8) is 0 Å². The van der Waals surface area contributed by atoms with Crippen LogP contribution in [-0.2, 0) is 28.5 Å². The van der Waals surface area contributed by atoms with E-state index in [1.807, 2.05) is 30.3 Å². The summed E-state index contributed by atoms with van der Waals surface area (Å²) in [5.74, 6) is 1.51. The molecule has 0 spiro atoms. The van der Waals surface area contributed by atoms with E-state index in [-0.39, 0.29) is 49.8 Å². The number of hydrogen-bond donors (Lipinski definition) is 2. The Morgan fingerprint density at radius 1 is 1.00 bits per heavy atom. The number of ether oxygens (including phenoxy) is 6. The maximum Gasteiger partial charge on any atom is 0.303 e. The molecule has 0 bridgehead atoms. The maximum absolute atomic E-state index is 11.0. The first kappa shape index (κ1) is 31.5. The molecule has 10 heteroatoms. The second-order valence-electron chi connectivity index (χ2n) is 10.8. The van der Waals surface area contributed by atoms with Crippen LogP contribution in [0.1, 0.15) is 64.2 Å². The van der Waals surface area contributed by atoms with Crippen molar-refractivity contribution in [2.45, 2.75) is 101 Å². The largest absolute Gasteiger partial charge is 0.491 e. The van der Waals surface area contributed by atoms with Crippen molar-refractivity contribution in [1.29, 1.82) is 0 Å². The summed E-state index contributed by atoms with van der Waals surface area (Å²) in [5.41, 5.74) is 0. The topological polar surface area (TPSA) is 113 Å². The molecule has 2 aliphatic heterocycles. The van der Waals surface area contributed by atoms with Crippen LogP contribution in [0.4, 0.5) is 0 Å². The number of carbonyl (C=O) groups is 1. The van der Waals surface area contributed by atoms with Gasteiger partial charge in [0.2, 0.25) is 0 Å². The number of rotatable bonds is 17. The number of hydrogen-bond acceptors (Lipinski definition) is 9. The van der Waals surface area contributed by atoms with Gasteiger partial charge in [-0.1, -0.05) is 18.2 Å². The summed E-state index contributed by atoms with van der Waals surface area (Å²) in [6.07, 6.45) is 5.95. The van der Waals surface area contributed by atoms with Crippen LogP contribution in [0.2, 0.25) is 0 Å². The quantitative estimate of drug-likeness (QED) is 0.252. The molecule has 2 heterocycles. The smallest absolute Gasteiger partial charge is 0.303 e. The van der Waals surface area contributed by atoms with Crippen LogP contribution in [0.15, 0.2) is 30.3 Å². The average molecular weight is 583 g/mol. The zero-order valence-electron chi connectivity index (χ0n) is 23.4. The summed E-state index contributed by atoms with van der Waals surface area (Å²) in [7, 11) is 0. The van der Waals surface area contributed by atoms with E-state index in [9.17, 15) is 9.90 Å². The van der Waals surface area contributed by atoms with E-state index in [2.05, 4.69) is 0 Å². The number of para-hydroxylation sites is 1. The summed E-state index contributed by atoms with van der Waals surface area (Å²) in [5, 5.41) is 19.9. The average Bonchev–Trinajstić information content (AvgIpc) is 3.26. The lowest BCUT2D eigenvalue weighted by Crippen LogP contribution is -2.41. The Bertz CT molecular complexity index is 832. The number of carboxylic acid groups (broad SMARTS) is 1. The standard InChI is InChI=1S/C30H46O9S/c31-25-19-26(39-29-13-5-7-16-35-29)30(24(25)14-18-40-17-8-11-27(32)33)37-21-23(38-28-12-4-6-15-34-28)20-36-22-9-2-1-3-10-22/h1-3,9-10,23-26,28-31H,4-8,11-21H2,(H,32,33). The second kappa shape index (κ2) is 17.5. The summed E-state index contributed by atoms with van der Waals surface area (Å²) >= 11 is 1.72. The van der Waals surface area contributed by atoms with Gasteiger partial charge < -0.3 is 38.6 Å². The zero-order chi connectivity index (χ0) is 28.0. The van der Waals surface area contributed by atoms with Crippen LogP contribution < -0.4 is 4.74 Å². The Kier molecular flexibility index (Phi) is 13.8. The fourth-order valence-corrected chi connectivity index (χ4v) is 6.50. The number of benzene rings is 1. The highest BCUT2D eigenvalue weighted by Crippen LogP contribution is 2.36. The van der Waals surface area contributed by atoms with Crippen LogP contribution in [-0.4, -0.2) is 91.1 Å². The normalized spacial score (nSPS) is 29.7. The van der Waals surface area contributed by atoms with Gasteiger partial charge in [0, 0.05) is 32.0 Å². The molecule has 40 heavy (non-hydrogen) atoms. The van der Waals surface area contributed by atoms with E-state index in [1.54, 1.807) is 11.8 Å². The van der Waals surface area contributed by atoms with Gasteiger partial charge in [0.05, 0.1) is 24.9 Å². The lowest BCUT2D eigenvalue weighted by atomic mass is 10.00. The Hall–Kier alpha value is -1.40. The highest BCUT2D eigenvalue weighted by molar-refractivity contribution is 7.99. The summed E-state index contributed by atoms with van der Waals surface area (Å²) in [6, 6.07) is 9.66. The predicted molar refractivity (Wildman–Crippen MR) is 152 cm³/mol. The van der Waals surface area contributed by atoms with Crippen LogP contribution in [0.5, 0.6) is 5.75 Å². The lowest BCUT2D eigenvalue weighted by Gasteiger charge is -2.32. The SMILES string of the molecule is O=C(O)CCCSCCC1C(O)CC(OC2CCCCO2)C1OCC(COc1ccccc1)OC1CCCCO1. The number of aliphatic hydroxyl groups is 1. The van der Waals surface area contributed by atoms with Crippen molar-refractivity contribution < 1.29 is 43.4 Å². The first-order valence-corrected chi connectivity index (χ1v) is 16.0. The van der Waals surface area contributed by atoms with Crippen molar-refractivity contribution in [2.75, 3.05) is 37.9 Å². The molecule has 7 unspecified atom stereocenters. The Morgan fingerprint density at radius 2 is 1.75 bits per heavy atom. The molecule has 2 N–H and O–H groups in total. The molecule has 4 rings (SSSR count). The minimum atomic E-state index is -0.767. The molecule has 9 nitrogen and oxygen atoms in total. The van der Waals surface area contributed by atoms with Crippen molar-refractivity contribution in [3.05, 3.63) is 30.3 Å². The molecule has 1 aliphatic carbocycles. The van der Waals surface area contributed by atoms with Gasteiger partial charge in [0.1, 0.15) is 18.5 Å². The zero-order valence-corrected chi connectivity index (χ0v) is 24.2. The molecular formula is C30H46O9S. The third-order valence-corrected chi connectivity index (χ3v) is 8.73. The molecule has 1 aromatic carbocycles. The molecule has 0 radical (unpaired) electrons. The predicted octanol–water partition coefficient (Wildman–Crippen LogP) is 4.64. The minimum absolute atomic E-state index is 0.0952. The number of carboxylic acids is 1. The molecular weight excluding hydrogens is 536 g/mol. The fraction of sp³-hybridized carbons (Fsp3) is 0.767. The lowest BCUT2D eigenvalue weighted by molar-refractivity contribution is -0.226. The second-order valence-corrected chi connectivity index (χ2v) is 12.0. The van der Waals surface area contributed by atoms with Crippen molar-refractivity contribution in [1.82, 2.24) is 0 Å². The van der Waals surface area contributed by atoms with E-state index in [0.717, 1.165) is 62.2 Å². The van der Waals surface area contributed by atoms with E-state index in [4.69, 9.17) is 33.5 Å². The number of thioether (sulfide) groups is 1. The van der Waals surface area contributed by atoms with Crippen molar-refractivity contribution in [3.8, 4) is 5.75 Å². The van der Waals surface area contributed by atoms with Crippen LogP contribution in [0.25, 0.3) is 0 Å². The van der Waals surface area contributed by atoms with Gasteiger partial charge in [0.15, 0.2) is 12.6 Å². The molecule has 2 saturated heterocycles. The van der Waals surface area contributed by atoms with E-state index >= 15 is 0 Å². The van der Waals surface area contributed by atoms with Gasteiger partial charge in [-0.15, -0.1) is 0 Å². The van der Waals surface area contributed by atoms with Gasteiger partial charge in [-0.3, -0.25) is 4.79 Å². The Balaban J connectivity index is 1.36. The van der Waals surface area contributed by atoms with E-state index in [1.165, 1.54) is 0 Å². The number of aliphatic carboxylic acids is 1. The van der Waals surface area contributed by atoms with Gasteiger partial charge in [-0.2, -0.15) is 11.8 Å². The van der Waals surface area contributed by atoms with Gasteiger partial charge in [-0.25, -0.2) is 0 Å². The highest BCUT2D eigenvalue weighted by atomic mass is 32.2. The first-order chi connectivity index (χ1) is 19.6. The molecule has 226 valence electrons. The van der Waals surface area contributed by atoms with Gasteiger partial charge >= 0.3 is 5.97 Å². The van der Waals surface area contributed by atoms with Crippen LogP contribution in [0, 0.1) is 5.92 Å². The van der Waals surface area contributed by atoms with Crippen molar-refractivity contribution in [2.24, 2.45) is 5.92 Å². The van der Waals surface area contributed by atoms with Crippen LogP contribution >= 0.6 is 11.8 Å². The molecule has 1 saturated carbocycles. The molecule has 0 amide bonds. The molecule has 3 aliphatic rings. The summed E-state index contributed by atoms with van der Waals surface area (Å²) in [4.78, 5) is 10.8. The van der Waals surface area contributed by atoms with Gasteiger partial charge in [-0.05, 0) is 75.0 Å². The molecule has 7 atom stereocenters. The minimum Gasteiger partial charge on any atom is -0.491 e. The summed E-state index contributed by atoms with van der Waals surface area (Å²) < 4.78 is 37.0. The maximum atomic E-state index is 11.0. The molecule has 1 aromatic rings. The Labute approximate surface area is 242 Å². The monoisotopic (exact) mass is 582 g/mol. The Morgan fingerprint density at radius 3 is 2.45 bits per heavy atom. The third kappa shape index (κ3) is 10.8. The van der Waals surface area contributed by atoms with E-state index < -0.39 is 12.1 Å². The number of aliphatic hydroxyl groups excluding tert-OH is 1. The fourth-order valence-electron chi connectivity index (χ4n) is 5.51. The van der Waals surface area contributed by atoms with Gasteiger partial charge in [0.25, 0.3) is 0 Å². The highest BCUT2D eigenvalue weighted by Gasteiger charge is 2.45. The first-order valence-electron chi connectivity index (χ1n) is 14.9. The van der Waals surface area contributed by atoms with E-state index in [0.29, 0.717) is 32.7 Å². The molecule has 0 aromatic heterocycles. The van der Waals surface area contributed by atoms with Crippen molar-refractivity contribution >= 4 is 17.7 Å². The third-order valence-electron chi connectivity index (χ3n) is 7.63. The molecule has 3 fully saturated rings. The van der Waals surface area contributed by atoms with Crippen LogP contribution in [0.3, 0.4) is 0 Å².